The van der Waals surface area contributed by atoms with Gasteiger partial charge in [0.1, 0.15) is 0 Å². The van der Waals surface area contributed by atoms with Crippen LogP contribution in [0.1, 0.15) is 33.6 Å². The molecule has 1 aliphatic rings. The lowest BCUT2D eigenvalue weighted by Crippen LogP contribution is -2.48. The van der Waals surface area contributed by atoms with E-state index in [1.807, 2.05) is 6.92 Å². The summed E-state index contributed by atoms with van der Waals surface area (Å²) in [5, 5.41) is 6.96. The maximum Gasteiger partial charge on any atom is 0.0750 e. The van der Waals surface area contributed by atoms with Gasteiger partial charge in [-0.1, -0.05) is 0 Å². The molecule has 0 radical (unpaired) electrons. The molecule has 0 aromatic carbocycles. The van der Waals surface area contributed by atoms with Crippen LogP contribution >= 0.6 is 0 Å². The average Bonchev–Trinajstić information content (AvgIpc) is 2.17. The highest BCUT2D eigenvalue weighted by Crippen LogP contribution is 2.09. The summed E-state index contributed by atoms with van der Waals surface area (Å²) in [5.41, 5.74) is -0.0355. The van der Waals surface area contributed by atoms with Gasteiger partial charge in [-0.3, -0.25) is 0 Å². The monoisotopic (exact) mass is 200 g/mol. The quantitative estimate of drug-likeness (QED) is 0.698. The second kappa shape index (κ2) is 5.69. The average molecular weight is 200 g/mol. The summed E-state index contributed by atoms with van der Waals surface area (Å²) in [5.74, 6) is 0. The third kappa shape index (κ3) is 4.40. The summed E-state index contributed by atoms with van der Waals surface area (Å²) < 4.78 is 5.64. The number of ether oxygens (including phenoxy) is 1. The Balaban J connectivity index is 2.17. The van der Waals surface area contributed by atoms with Gasteiger partial charge in [0.25, 0.3) is 0 Å². The van der Waals surface area contributed by atoms with Gasteiger partial charge in [-0.25, -0.2) is 0 Å². The topological polar surface area (TPSA) is 33.3 Å². The first-order chi connectivity index (χ1) is 6.64. The largest absolute Gasteiger partial charge is 0.375 e. The van der Waals surface area contributed by atoms with Crippen molar-refractivity contribution in [3.63, 3.8) is 0 Å². The van der Waals surface area contributed by atoms with Crippen molar-refractivity contribution in [1.29, 1.82) is 0 Å². The van der Waals surface area contributed by atoms with Crippen molar-refractivity contribution in [2.24, 2.45) is 0 Å². The fourth-order valence-corrected chi connectivity index (χ4v) is 1.86. The summed E-state index contributed by atoms with van der Waals surface area (Å²) in [7, 11) is 0. The van der Waals surface area contributed by atoms with Crippen molar-refractivity contribution < 1.29 is 4.74 Å². The third-order valence-corrected chi connectivity index (χ3v) is 2.65. The molecule has 0 saturated carbocycles. The van der Waals surface area contributed by atoms with Crippen molar-refractivity contribution in [2.75, 3.05) is 26.2 Å². The summed E-state index contributed by atoms with van der Waals surface area (Å²) >= 11 is 0. The fourth-order valence-electron chi connectivity index (χ4n) is 1.86. The van der Waals surface area contributed by atoms with Crippen molar-refractivity contribution in [3.8, 4) is 0 Å². The van der Waals surface area contributed by atoms with E-state index in [0.717, 1.165) is 19.7 Å². The second-order valence-corrected chi connectivity index (χ2v) is 4.62. The van der Waals surface area contributed by atoms with Crippen molar-refractivity contribution in [3.05, 3.63) is 0 Å². The van der Waals surface area contributed by atoms with Crippen LogP contribution in [0.15, 0.2) is 0 Å². The van der Waals surface area contributed by atoms with Crippen LogP contribution in [0.25, 0.3) is 0 Å². The van der Waals surface area contributed by atoms with Crippen LogP contribution in [-0.2, 0) is 4.74 Å². The normalized spacial score (nSPS) is 23.8. The van der Waals surface area contributed by atoms with Gasteiger partial charge in [0.2, 0.25) is 0 Å². The molecule has 14 heavy (non-hydrogen) atoms. The first-order valence-corrected chi connectivity index (χ1v) is 5.72. The molecular formula is C11H24N2O. The lowest BCUT2D eigenvalue weighted by Gasteiger charge is -2.30. The van der Waals surface area contributed by atoms with Crippen LogP contribution in [0.3, 0.4) is 0 Å². The molecule has 3 nitrogen and oxygen atoms in total. The number of hydrogen-bond acceptors (Lipinski definition) is 3. The molecule has 1 rings (SSSR count). The highest BCUT2D eigenvalue weighted by Gasteiger charge is 2.20. The molecule has 0 aliphatic carbocycles. The van der Waals surface area contributed by atoms with E-state index < -0.39 is 0 Å². The first kappa shape index (κ1) is 12.0. The van der Waals surface area contributed by atoms with Gasteiger partial charge in [0.15, 0.2) is 0 Å². The first-order valence-electron chi connectivity index (χ1n) is 5.72. The van der Waals surface area contributed by atoms with Crippen LogP contribution in [0, 0.1) is 0 Å². The molecule has 1 aliphatic heterocycles. The molecule has 0 aromatic rings. The van der Waals surface area contributed by atoms with Crippen LogP contribution in [0.5, 0.6) is 0 Å². The molecule has 0 bridgehead atoms. The van der Waals surface area contributed by atoms with Crippen molar-refractivity contribution in [1.82, 2.24) is 10.6 Å². The zero-order valence-corrected chi connectivity index (χ0v) is 9.73. The fraction of sp³-hybridized carbons (Fsp3) is 1.00. The predicted octanol–water partition coefficient (Wildman–Crippen LogP) is 1.14. The Morgan fingerprint density at radius 1 is 1.50 bits per heavy atom. The summed E-state index contributed by atoms with van der Waals surface area (Å²) in [6.07, 6.45) is 2.57. The van der Waals surface area contributed by atoms with E-state index in [2.05, 4.69) is 24.5 Å². The summed E-state index contributed by atoms with van der Waals surface area (Å²) in [6.45, 7) is 10.3. The molecule has 1 heterocycles. The van der Waals surface area contributed by atoms with E-state index in [4.69, 9.17) is 4.74 Å². The molecule has 1 unspecified atom stereocenters. The summed E-state index contributed by atoms with van der Waals surface area (Å²) in [6, 6.07) is 0.628. The Morgan fingerprint density at radius 3 is 2.86 bits per heavy atom. The van der Waals surface area contributed by atoms with Gasteiger partial charge in [-0.05, 0) is 40.2 Å². The minimum atomic E-state index is -0.0355. The Kier molecular flexibility index (Phi) is 4.85. The minimum absolute atomic E-state index is 0.0355. The van der Waals surface area contributed by atoms with Crippen LogP contribution in [0.2, 0.25) is 0 Å². The van der Waals surface area contributed by atoms with Crippen LogP contribution in [-0.4, -0.2) is 37.9 Å². The minimum Gasteiger partial charge on any atom is -0.375 e. The van der Waals surface area contributed by atoms with E-state index in [-0.39, 0.29) is 5.60 Å². The van der Waals surface area contributed by atoms with Crippen LogP contribution in [0.4, 0.5) is 0 Å². The lowest BCUT2D eigenvalue weighted by atomic mass is 10.1. The van der Waals surface area contributed by atoms with Crippen molar-refractivity contribution >= 4 is 0 Å². The molecule has 0 spiro atoms. The molecule has 1 fully saturated rings. The molecule has 1 saturated heterocycles. The van der Waals surface area contributed by atoms with Gasteiger partial charge >= 0.3 is 0 Å². The standard InChI is InChI=1S/C11H24N2O/c1-4-14-11(2,3)9-13-10-6-5-7-12-8-10/h10,12-13H,4-9H2,1-3H3. The smallest absolute Gasteiger partial charge is 0.0750 e. The van der Waals surface area contributed by atoms with E-state index >= 15 is 0 Å². The van der Waals surface area contributed by atoms with E-state index in [9.17, 15) is 0 Å². The van der Waals surface area contributed by atoms with E-state index in [1.165, 1.54) is 19.4 Å². The highest BCUT2D eigenvalue weighted by molar-refractivity contribution is 4.79. The van der Waals surface area contributed by atoms with Gasteiger partial charge in [-0.15, -0.1) is 0 Å². The van der Waals surface area contributed by atoms with Gasteiger partial charge in [0, 0.05) is 25.7 Å². The zero-order valence-electron chi connectivity index (χ0n) is 9.73. The molecule has 1 atom stereocenters. The lowest BCUT2D eigenvalue weighted by molar-refractivity contribution is -0.0110. The Hall–Kier alpha value is -0.120. The SMILES string of the molecule is CCOC(C)(C)CNC1CCCNC1. The van der Waals surface area contributed by atoms with Crippen molar-refractivity contribution in [2.45, 2.75) is 45.3 Å². The van der Waals surface area contributed by atoms with E-state index in [0.29, 0.717) is 6.04 Å². The number of hydrogen-bond donors (Lipinski definition) is 2. The Bertz CT molecular complexity index is 153. The summed E-state index contributed by atoms with van der Waals surface area (Å²) in [4.78, 5) is 0. The van der Waals surface area contributed by atoms with Gasteiger partial charge in [-0.2, -0.15) is 0 Å². The number of nitrogens with one attached hydrogen (secondary N) is 2. The number of rotatable bonds is 5. The molecular weight excluding hydrogens is 176 g/mol. The third-order valence-electron chi connectivity index (χ3n) is 2.65. The molecule has 0 aromatic heterocycles. The zero-order chi connectivity index (χ0) is 10.4. The van der Waals surface area contributed by atoms with Gasteiger partial charge in [0.05, 0.1) is 5.60 Å². The molecule has 2 N–H and O–H groups in total. The molecule has 84 valence electrons. The Morgan fingerprint density at radius 2 is 2.29 bits per heavy atom. The second-order valence-electron chi connectivity index (χ2n) is 4.62. The Labute approximate surface area is 87.6 Å². The van der Waals surface area contributed by atoms with E-state index in [1.54, 1.807) is 0 Å². The maximum atomic E-state index is 5.64. The molecule has 0 amide bonds. The van der Waals surface area contributed by atoms with Gasteiger partial charge < -0.3 is 15.4 Å². The van der Waals surface area contributed by atoms with Crippen LogP contribution < -0.4 is 10.6 Å². The maximum absolute atomic E-state index is 5.64. The molecule has 3 heteroatoms. The number of piperidine rings is 1. The highest BCUT2D eigenvalue weighted by atomic mass is 16.5. The predicted molar refractivity (Wildman–Crippen MR) is 59.6 cm³/mol.